The fourth-order valence-corrected chi connectivity index (χ4v) is 1.71. The zero-order valence-electron chi connectivity index (χ0n) is 11.1. The average molecular weight is 268 g/mol. The second-order valence-corrected chi connectivity index (χ2v) is 4.20. The van der Waals surface area contributed by atoms with Gasteiger partial charge >= 0.3 is 0 Å². The minimum absolute atomic E-state index is 0.0455. The summed E-state index contributed by atoms with van der Waals surface area (Å²) in [6, 6.07) is 15.0. The van der Waals surface area contributed by atoms with Crippen LogP contribution in [0.4, 0.5) is 0 Å². The van der Waals surface area contributed by atoms with Crippen molar-refractivity contribution in [3.05, 3.63) is 59.7 Å². The summed E-state index contributed by atoms with van der Waals surface area (Å²) >= 11 is 0. The average Bonchev–Trinajstić information content (AvgIpc) is 2.52. The van der Waals surface area contributed by atoms with Crippen molar-refractivity contribution in [2.45, 2.75) is 13.2 Å². The van der Waals surface area contributed by atoms with E-state index >= 15 is 0 Å². The fraction of sp³-hybridized carbons (Fsp3) is 0.176. The Morgan fingerprint density at radius 2 is 1.50 bits per heavy atom. The SMILES string of the molecule is C#CCOc1ccccc1OCc1ccc(CO)cc1. The molecule has 2 aromatic carbocycles. The van der Waals surface area contributed by atoms with Crippen LogP contribution in [-0.4, -0.2) is 11.7 Å². The zero-order chi connectivity index (χ0) is 14.2. The van der Waals surface area contributed by atoms with Gasteiger partial charge in [0.2, 0.25) is 0 Å². The van der Waals surface area contributed by atoms with Gasteiger partial charge in [0.05, 0.1) is 6.61 Å². The van der Waals surface area contributed by atoms with Gasteiger partial charge in [0.25, 0.3) is 0 Å². The topological polar surface area (TPSA) is 38.7 Å². The van der Waals surface area contributed by atoms with E-state index < -0.39 is 0 Å². The Hall–Kier alpha value is -2.44. The summed E-state index contributed by atoms with van der Waals surface area (Å²) in [5.74, 6) is 3.73. The van der Waals surface area contributed by atoms with Gasteiger partial charge in [-0.15, -0.1) is 6.42 Å². The lowest BCUT2D eigenvalue weighted by atomic mass is 10.1. The number of para-hydroxylation sites is 2. The lowest BCUT2D eigenvalue weighted by Crippen LogP contribution is -2.00. The van der Waals surface area contributed by atoms with Gasteiger partial charge in [-0.3, -0.25) is 0 Å². The second kappa shape index (κ2) is 7.22. The lowest BCUT2D eigenvalue weighted by Gasteiger charge is -2.11. The van der Waals surface area contributed by atoms with Gasteiger partial charge in [-0.2, -0.15) is 0 Å². The van der Waals surface area contributed by atoms with Crippen LogP contribution in [0.2, 0.25) is 0 Å². The molecule has 1 N–H and O–H groups in total. The van der Waals surface area contributed by atoms with Crippen molar-refractivity contribution in [1.82, 2.24) is 0 Å². The predicted molar refractivity (Wildman–Crippen MR) is 77.5 cm³/mol. The van der Waals surface area contributed by atoms with Gasteiger partial charge < -0.3 is 14.6 Å². The number of aliphatic hydroxyl groups is 1. The molecule has 20 heavy (non-hydrogen) atoms. The summed E-state index contributed by atoms with van der Waals surface area (Å²) in [7, 11) is 0. The minimum Gasteiger partial charge on any atom is -0.485 e. The third-order valence-electron chi connectivity index (χ3n) is 2.76. The number of rotatable bonds is 6. The summed E-state index contributed by atoms with van der Waals surface area (Å²) in [4.78, 5) is 0. The number of benzene rings is 2. The number of ether oxygens (including phenoxy) is 2. The maximum Gasteiger partial charge on any atom is 0.162 e. The molecule has 0 spiro atoms. The van der Waals surface area contributed by atoms with Crippen molar-refractivity contribution in [2.24, 2.45) is 0 Å². The van der Waals surface area contributed by atoms with Gasteiger partial charge in [-0.05, 0) is 23.3 Å². The smallest absolute Gasteiger partial charge is 0.162 e. The molecule has 0 aliphatic rings. The largest absolute Gasteiger partial charge is 0.485 e. The summed E-state index contributed by atoms with van der Waals surface area (Å²) in [6.45, 7) is 0.692. The van der Waals surface area contributed by atoms with Crippen molar-refractivity contribution >= 4 is 0 Å². The monoisotopic (exact) mass is 268 g/mol. The first-order valence-corrected chi connectivity index (χ1v) is 6.30. The molecule has 3 heteroatoms. The molecule has 2 rings (SSSR count). The van der Waals surface area contributed by atoms with Crippen LogP contribution in [0, 0.1) is 12.3 Å². The molecule has 0 amide bonds. The summed E-state index contributed by atoms with van der Waals surface area (Å²) in [5.41, 5.74) is 1.90. The van der Waals surface area contributed by atoms with E-state index in [1.54, 1.807) is 0 Å². The molecule has 0 fully saturated rings. The maximum atomic E-state index is 8.99. The highest BCUT2D eigenvalue weighted by Crippen LogP contribution is 2.27. The molecule has 0 heterocycles. The Bertz CT molecular complexity index is 582. The standard InChI is InChI=1S/C17H16O3/c1-2-11-19-16-5-3-4-6-17(16)20-13-15-9-7-14(12-18)8-10-15/h1,3-10,18H,11-13H2. The normalized spacial score (nSPS) is 9.80. The van der Waals surface area contributed by atoms with Crippen molar-refractivity contribution in [2.75, 3.05) is 6.61 Å². The number of aliphatic hydroxyl groups excluding tert-OH is 1. The van der Waals surface area contributed by atoms with Crippen molar-refractivity contribution in [3.63, 3.8) is 0 Å². The first-order chi connectivity index (χ1) is 9.83. The van der Waals surface area contributed by atoms with Crippen LogP contribution in [0.3, 0.4) is 0 Å². The first kappa shape index (κ1) is 14.0. The quantitative estimate of drug-likeness (QED) is 0.819. The Morgan fingerprint density at radius 1 is 0.900 bits per heavy atom. The van der Waals surface area contributed by atoms with Crippen LogP contribution in [0.5, 0.6) is 11.5 Å². The Labute approximate surface area is 118 Å². The maximum absolute atomic E-state index is 8.99. The zero-order valence-corrected chi connectivity index (χ0v) is 11.1. The van der Waals surface area contributed by atoms with Crippen molar-refractivity contribution in [1.29, 1.82) is 0 Å². The number of hydrogen-bond donors (Lipinski definition) is 1. The van der Waals surface area contributed by atoms with Gasteiger partial charge in [0.15, 0.2) is 11.5 Å². The van der Waals surface area contributed by atoms with Crippen LogP contribution in [0.25, 0.3) is 0 Å². The van der Waals surface area contributed by atoms with Crippen molar-refractivity contribution in [3.8, 4) is 23.8 Å². The highest BCUT2D eigenvalue weighted by Gasteiger charge is 2.04. The Balaban J connectivity index is 2.01. The predicted octanol–water partition coefficient (Wildman–Crippen LogP) is 2.77. The molecule has 0 aliphatic heterocycles. The summed E-state index contributed by atoms with van der Waals surface area (Å²) in [6.07, 6.45) is 5.18. The Morgan fingerprint density at radius 3 is 2.10 bits per heavy atom. The molecule has 0 saturated carbocycles. The second-order valence-electron chi connectivity index (χ2n) is 4.20. The molecular formula is C17H16O3. The molecule has 0 atom stereocenters. The number of terminal acetylenes is 1. The van der Waals surface area contributed by atoms with Gasteiger partial charge in [-0.1, -0.05) is 42.3 Å². The molecule has 102 valence electrons. The van der Waals surface area contributed by atoms with Gasteiger partial charge in [0, 0.05) is 0 Å². The van der Waals surface area contributed by atoms with Crippen LogP contribution >= 0.6 is 0 Å². The fourth-order valence-electron chi connectivity index (χ4n) is 1.71. The van der Waals surface area contributed by atoms with Crippen molar-refractivity contribution < 1.29 is 14.6 Å². The van der Waals surface area contributed by atoms with E-state index in [0.717, 1.165) is 11.1 Å². The lowest BCUT2D eigenvalue weighted by molar-refractivity contribution is 0.275. The van der Waals surface area contributed by atoms with E-state index in [0.29, 0.717) is 18.1 Å². The van der Waals surface area contributed by atoms with E-state index in [1.807, 2.05) is 48.5 Å². The van der Waals surface area contributed by atoms with E-state index in [2.05, 4.69) is 5.92 Å². The molecule has 0 bridgehead atoms. The van der Waals surface area contributed by atoms with E-state index in [4.69, 9.17) is 21.0 Å². The van der Waals surface area contributed by atoms with E-state index in [-0.39, 0.29) is 13.2 Å². The molecule has 0 aromatic heterocycles. The molecule has 2 aromatic rings. The molecule has 0 aliphatic carbocycles. The third-order valence-corrected chi connectivity index (χ3v) is 2.76. The highest BCUT2D eigenvalue weighted by atomic mass is 16.5. The Kier molecular flexibility index (Phi) is 5.05. The van der Waals surface area contributed by atoms with Gasteiger partial charge in [0.1, 0.15) is 13.2 Å². The first-order valence-electron chi connectivity index (χ1n) is 6.30. The van der Waals surface area contributed by atoms with Crippen LogP contribution in [-0.2, 0) is 13.2 Å². The molecular weight excluding hydrogens is 252 g/mol. The van der Waals surface area contributed by atoms with Crippen LogP contribution in [0.15, 0.2) is 48.5 Å². The number of hydrogen-bond acceptors (Lipinski definition) is 3. The summed E-state index contributed by atoms with van der Waals surface area (Å²) < 4.78 is 11.2. The van der Waals surface area contributed by atoms with Crippen LogP contribution in [0.1, 0.15) is 11.1 Å². The molecule has 0 unspecified atom stereocenters. The summed E-state index contributed by atoms with van der Waals surface area (Å²) in [5, 5.41) is 8.99. The van der Waals surface area contributed by atoms with E-state index in [9.17, 15) is 0 Å². The third kappa shape index (κ3) is 3.78. The minimum atomic E-state index is 0.0455. The highest BCUT2D eigenvalue weighted by molar-refractivity contribution is 5.39. The van der Waals surface area contributed by atoms with E-state index in [1.165, 1.54) is 0 Å². The van der Waals surface area contributed by atoms with Gasteiger partial charge in [-0.25, -0.2) is 0 Å². The van der Waals surface area contributed by atoms with Crippen LogP contribution < -0.4 is 9.47 Å². The molecule has 0 radical (unpaired) electrons. The molecule has 0 saturated heterocycles. The molecule has 3 nitrogen and oxygen atoms in total.